The van der Waals surface area contributed by atoms with Gasteiger partial charge in [0.1, 0.15) is 0 Å². The molecule has 0 unspecified atom stereocenters. The summed E-state index contributed by atoms with van der Waals surface area (Å²) in [6.45, 7) is 1.42. The fraction of sp³-hybridized carbons (Fsp3) is 0.556. The summed E-state index contributed by atoms with van der Waals surface area (Å²) < 4.78 is 0. The number of hydrogen-bond donors (Lipinski definition) is 2. The minimum absolute atomic E-state index is 0.0842. The van der Waals surface area contributed by atoms with Gasteiger partial charge in [0.05, 0.1) is 11.3 Å². The molecule has 0 fully saturated rings. The van der Waals surface area contributed by atoms with Crippen LogP contribution < -0.4 is 0 Å². The third-order valence-corrected chi connectivity index (χ3v) is 2.95. The van der Waals surface area contributed by atoms with E-state index in [2.05, 4.69) is 0 Å². The number of carboxylic acids is 2. The molecule has 2 atom stereocenters. The van der Waals surface area contributed by atoms with Gasteiger partial charge in [0, 0.05) is 5.03 Å². The second-order valence-electron chi connectivity index (χ2n) is 3.68. The fourth-order valence-electron chi connectivity index (χ4n) is 1.65. The van der Waals surface area contributed by atoms with E-state index in [1.54, 1.807) is 6.08 Å². The van der Waals surface area contributed by atoms with Gasteiger partial charge in [-0.15, -0.1) is 0 Å². The average Bonchev–Trinajstić information content (AvgIpc) is 2.02. The van der Waals surface area contributed by atoms with Crippen molar-refractivity contribution in [1.82, 2.24) is 0 Å². The summed E-state index contributed by atoms with van der Waals surface area (Å²) in [4.78, 5) is 21.8. The third-order valence-electron chi connectivity index (χ3n) is 2.67. The molecule has 0 aromatic carbocycles. The van der Waals surface area contributed by atoms with Crippen molar-refractivity contribution < 1.29 is 19.8 Å². The number of aliphatic carboxylic acids is 2. The monoisotopic (exact) mass is 218 g/mol. The Kier molecular flexibility index (Phi) is 2.85. The Morgan fingerprint density at radius 2 is 2.14 bits per heavy atom. The predicted octanol–water partition coefficient (Wildman–Crippen LogP) is 1.69. The lowest BCUT2D eigenvalue weighted by Gasteiger charge is -2.33. The molecule has 0 aromatic heterocycles. The maximum atomic E-state index is 11.0. The van der Waals surface area contributed by atoms with E-state index in [0.717, 1.165) is 0 Å². The molecule has 1 rings (SSSR count). The van der Waals surface area contributed by atoms with Crippen LogP contribution in [0.5, 0.6) is 0 Å². The zero-order valence-corrected chi connectivity index (χ0v) is 8.41. The molecule has 2 N–H and O–H groups in total. The molecule has 1 aliphatic rings. The molecule has 0 aromatic rings. The summed E-state index contributed by atoms with van der Waals surface area (Å²) >= 11 is 5.72. The van der Waals surface area contributed by atoms with E-state index in [1.807, 2.05) is 0 Å². The van der Waals surface area contributed by atoms with Crippen molar-refractivity contribution >= 4 is 23.5 Å². The summed E-state index contributed by atoms with van der Waals surface area (Å²) in [5.74, 6) is -3.10. The lowest BCUT2D eigenvalue weighted by Crippen LogP contribution is -2.41. The number of halogens is 1. The van der Waals surface area contributed by atoms with Crippen molar-refractivity contribution in [3.8, 4) is 0 Å². The number of allylic oxidation sites excluding steroid dienone is 2. The molecule has 78 valence electrons. The zero-order valence-electron chi connectivity index (χ0n) is 7.66. The average molecular weight is 219 g/mol. The van der Waals surface area contributed by atoms with Crippen molar-refractivity contribution in [2.75, 3.05) is 0 Å². The lowest BCUT2D eigenvalue weighted by molar-refractivity contribution is -0.161. The summed E-state index contributed by atoms with van der Waals surface area (Å²) in [5.41, 5.74) is -1.29. The van der Waals surface area contributed by atoms with E-state index in [4.69, 9.17) is 21.8 Å². The highest BCUT2D eigenvalue weighted by atomic mass is 35.5. The van der Waals surface area contributed by atoms with Gasteiger partial charge in [0.2, 0.25) is 0 Å². The molecule has 5 heteroatoms. The minimum atomic E-state index is -1.29. The van der Waals surface area contributed by atoms with Crippen LogP contribution in [0.4, 0.5) is 0 Å². The molecule has 4 nitrogen and oxygen atoms in total. The summed E-state index contributed by atoms with van der Waals surface area (Å²) in [7, 11) is 0. The van der Waals surface area contributed by atoms with E-state index >= 15 is 0 Å². The maximum Gasteiger partial charge on any atom is 0.310 e. The Morgan fingerprint density at radius 1 is 1.57 bits per heavy atom. The molecule has 0 saturated carbocycles. The molecule has 0 heterocycles. The first-order valence-corrected chi connectivity index (χ1v) is 4.56. The third kappa shape index (κ3) is 1.75. The van der Waals surface area contributed by atoms with E-state index in [1.165, 1.54) is 6.92 Å². The minimum Gasteiger partial charge on any atom is -0.481 e. The van der Waals surface area contributed by atoms with Crippen LogP contribution in [0, 0.1) is 11.3 Å². The Morgan fingerprint density at radius 3 is 2.57 bits per heavy atom. The first-order chi connectivity index (χ1) is 6.38. The second-order valence-corrected chi connectivity index (χ2v) is 4.16. The molecule has 0 aliphatic heterocycles. The van der Waals surface area contributed by atoms with Crippen molar-refractivity contribution in [2.45, 2.75) is 19.8 Å². The van der Waals surface area contributed by atoms with E-state index < -0.39 is 23.3 Å². The number of rotatable bonds is 2. The maximum absolute atomic E-state index is 11.0. The van der Waals surface area contributed by atoms with Crippen LogP contribution in [0.15, 0.2) is 11.1 Å². The Hall–Kier alpha value is -1.03. The van der Waals surface area contributed by atoms with Gasteiger partial charge in [-0.1, -0.05) is 17.7 Å². The molecule has 0 spiro atoms. The number of carboxylic acid groups (broad SMARTS) is 2. The van der Waals surface area contributed by atoms with Crippen molar-refractivity contribution in [2.24, 2.45) is 11.3 Å². The zero-order chi connectivity index (χ0) is 10.9. The van der Waals surface area contributed by atoms with Gasteiger partial charge in [-0.05, 0) is 19.8 Å². The highest BCUT2D eigenvalue weighted by molar-refractivity contribution is 6.29. The topological polar surface area (TPSA) is 74.6 Å². The largest absolute Gasteiger partial charge is 0.481 e. The van der Waals surface area contributed by atoms with Crippen LogP contribution in [-0.4, -0.2) is 22.2 Å². The number of carbonyl (C=O) groups is 2. The van der Waals surface area contributed by atoms with Crippen LogP contribution in [-0.2, 0) is 9.59 Å². The summed E-state index contributed by atoms with van der Waals surface area (Å²) in [6.07, 6.45) is 1.84. The first kappa shape index (κ1) is 11.0. The van der Waals surface area contributed by atoms with Gasteiger partial charge in [0.15, 0.2) is 0 Å². The molecule has 0 bridgehead atoms. The van der Waals surface area contributed by atoms with E-state index in [9.17, 15) is 9.59 Å². The normalized spacial score (nSPS) is 32.1. The van der Waals surface area contributed by atoms with Crippen LogP contribution in [0.25, 0.3) is 0 Å². The van der Waals surface area contributed by atoms with Crippen LogP contribution in [0.1, 0.15) is 19.8 Å². The molecular formula is C9H11ClO4. The number of hydrogen-bond acceptors (Lipinski definition) is 2. The van der Waals surface area contributed by atoms with Gasteiger partial charge in [-0.2, -0.15) is 0 Å². The fourth-order valence-corrected chi connectivity index (χ4v) is 2.02. The van der Waals surface area contributed by atoms with Crippen molar-refractivity contribution in [3.05, 3.63) is 11.1 Å². The first-order valence-electron chi connectivity index (χ1n) is 4.18. The van der Waals surface area contributed by atoms with Gasteiger partial charge < -0.3 is 10.2 Å². The highest BCUT2D eigenvalue weighted by Gasteiger charge is 2.47. The quantitative estimate of drug-likeness (QED) is 0.740. The smallest absolute Gasteiger partial charge is 0.310 e. The van der Waals surface area contributed by atoms with Gasteiger partial charge >= 0.3 is 11.9 Å². The second kappa shape index (κ2) is 3.61. The molecular weight excluding hydrogens is 208 g/mol. The molecule has 14 heavy (non-hydrogen) atoms. The van der Waals surface area contributed by atoms with Gasteiger partial charge in [-0.3, -0.25) is 9.59 Å². The molecule has 0 saturated heterocycles. The van der Waals surface area contributed by atoms with E-state index in [0.29, 0.717) is 5.03 Å². The Labute approximate surface area is 86.2 Å². The van der Waals surface area contributed by atoms with Gasteiger partial charge in [0.25, 0.3) is 0 Å². The van der Waals surface area contributed by atoms with Gasteiger partial charge in [-0.25, -0.2) is 0 Å². The van der Waals surface area contributed by atoms with Crippen LogP contribution >= 0.6 is 11.6 Å². The van der Waals surface area contributed by atoms with Crippen LogP contribution in [0.2, 0.25) is 0 Å². The lowest BCUT2D eigenvalue weighted by atomic mass is 9.70. The standard InChI is InChI=1S/C9H11ClO4/c1-9(8(13)14)4-5(10)2-3-6(9)7(11)12/h2,6H,3-4H2,1H3,(H,11,12)(H,13,14)/t6-,9+/m0/s1. The predicted molar refractivity (Wildman–Crippen MR) is 50.0 cm³/mol. The molecule has 1 aliphatic carbocycles. The Bertz CT molecular complexity index is 310. The summed E-state index contributed by atoms with van der Waals surface area (Å²) in [5, 5.41) is 18.3. The molecule has 0 amide bonds. The molecule has 0 radical (unpaired) electrons. The summed E-state index contributed by atoms with van der Waals surface area (Å²) in [6, 6.07) is 0. The van der Waals surface area contributed by atoms with Crippen LogP contribution in [0.3, 0.4) is 0 Å². The Balaban J connectivity index is 3.06. The van der Waals surface area contributed by atoms with E-state index in [-0.39, 0.29) is 12.8 Å². The highest BCUT2D eigenvalue weighted by Crippen LogP contribution is 2.42. The van der Waals surface area contributed by atoms with Crippen molar-refractivity contribution in [1.29, 1.82) is 0 Å². The van der Waals surface area contributed by atoms with Crippen molar-refractivity contribution in [3.63, 3.8) is 0 Å². The SMILES string of the molecule is C[C@@]1(C(=O)O)CC(Cl)=CC[C@H]1C(=O)O.